The smallest absolute Gasteiger partial charge is 0.247 e. The molecule has 2 aliphatic heterocycles. The highest BCUT2D eigenvalue weighted by Gasteiger charge is 2.30. The standard InChI is InChI=1S/C28H31Cl2N7O3/c1-4-28(38)34-21-14-22(25(39-3)15-24(21)36-10-8-35(2)9-11-36)33-26-16-27(32-17-31-26)37-23(7-12-40-37)18-5-6-19(29)20(30)13-18/h4-6,13-17,23H,1,7-12H2,2-3H3,(H,34,38)(H,31,32,33)/t23-/m1/s1. The van der Waals surface area contributed by atoms with Gasteiger partial charge >= 0.3 is 0 Å². The Balaban J connectivity index is 1.44. The average molecular weight is 585 g/mol. The lowest BCUT2D eigenvalue weighted by atomic mass is 10.0. The van der Waals surface area contributed by atoms with E-state index in [2.05, 4.69) is 44.0 Å². The van der Waals surface area contributed by atoms with Crippen molar-refractivity contribution >= 4 is 57.8 Å². The lowest BCUT2D eigenvalue weighted by Gasteiger charge is -2.35. The summed E-state index contributed by atoms with van der Waals surface area (Å²) in [7, 11) is 3.71. The molecule has 0 spiro atoms. The Hall–Kier alpha value is -3.57. The van der Waals surface area contributed by atoms with E-state index >= 15 is 0 Å². The summed E-state index contributed by atoms with van der Waals surface area (Å²) >= 11 is 12.4. The van der Waals surface area contributed by atoms with Gasteiger partial charge in [-0.15, -0.1) is 0 Å². The number of benzene rings is 2. The minimum atomic E-state index is -0.296. The highest BCUT2D eigenvalue weighted by atomic mass is 35.5. The third kappa shape index (κ3) is 6.10. The van der Waals surface area contributed by atoms with Gasteiger partial charge in [-0.2, -0.15) is 0 Å². The summed E-state index contributed by atoms with van der Waals surface area (Å²) < 4.78 is 5.75. The van der Waals surface area contributed by atoms with Crippen LogP contribution in [0.25, 0.3) is 0 Å². The Morgan fingerprint density at radius 3 is 2.62 bits per heavy atom. The molecule has 3 heterocycles. The Labute approximate surface area is 243 Å². The number of ether oxygens (including phenoxy) is 1. The molecule has 1 atom stereocenters. The number of halogens is 2. The SMILES string of the molecule is C=CC(=O)Nc1cc(Nc2cc(N3OCC[C@@H]3c3ccc(Cl)c(Cl)c3)ncn2)c(OC)cc1N1CCN(C)CC1. The van der Waals surface area contributed by atoms with Crippen molar-refractivity contribution in [2.24, 2.45) is 0 Å². The minimum absolute atomic E-state index is 0.0874. The zero-order chi connectivity index (χ0) is 28.2. The van der Waals surface area contributed by atoms with E-state index in [1.54, 1.807) is 24.3 Å². The Morgan fingerprint density at radius 1 is 1.10 bits per heavy atom. The molecule has 2 aliphatic rings. The van der Waals surface area contributed by atoms with Crippen LogP contribution in [0.5, 0.6) is 5.75 Å². The van der Waals surface area contributed by atoms with Gasteiger partial charge in [0.15, 0.2) is 5.82 Å². The van der Waals surface area contributed by atoms with Crippen LogP contribution in [0.3, 0.4) is 0 Å². The molecule has 2 N–H and O–H groups in total. The molecule has 2 saturated heterocycles. The maximum absolute atomic E-state index is 12.3. The molecule has 10 nitrogen and oxygen atoms in total. The van der Waals surface area contributed by atoms with E-state index in [-0.39, 0.29) is 11.9 Å². The number of hydrogen-bond donors (Lipinski definition) is 2. The lowest BCUT2D eigenvalue weighted by Crippen LogP contribution is -2.44. The maximum Gasteiger partial charge on any atom is 0.247 e. The number of carbonyl (C=O) groups excluding carboxylic acids is 1. The molecule has 1 amide bonds. The number of hydrogen-bond acceptors (Lipinski definition) is 9. The molecule has 0 bridgehead atoms. The highest BCUT2D eigenvalue weighted by Crippen LogP contribution is 2.40. The van der Waals surface area contributed by atoms with Crippen molar-refractivity contribution in [2.75, 3.05) is 67.5 Å². The van der Waals surface area contributed by atoms with Crippen molar-refractivity contribution in [3.63, 3.8) is 0 Å². The summed E-state index contributed by atoms with van der Waals surface area (Å²) in [6, 6.07) is 11.1. The Bertz CT molecular complexity index is 1400. The first kappa shape index (κ1) is 28.0. The first-order valence-corrected chi connectivity index (χ1v) is 13.7. The van der Waals surface area contributed by atoms with Gasteiger partial charge in [-0.25, -0.2) is 15.0 Å². The predicted octanol–water partition coefficient (Wildman–Crippen LogP) is 5.29. The summed E-state index contributed by atoms with van der Waals surface area (Å²) in [5.74, 6) is 1.42. The molecule has 2 aromatic carbocycles. The maximum atomic E-state index is 12.3. The molecular formula is C28H31Cl2N7O3. The number of amides is 1. The van der Waals surface area contributed by atoms with Gasteiger partial charge in [0.1, 0.15) is 17.9 Å². The molecule has 210 valence electrons. The van der Waals surface area contributed by atoms with Crippen LogP contribution in [-0.4, -0.2) is 67.7 Å². The molecule has 2 fully saturated rings. The van der Waals surface area contributed by atoms with Crippen LogP contribution < -0.4 is 25.3 Å². The summed E-state index contributed by atoms with van der Waals surface area (Å²) in [4.78, 5) is 31.6. The van der Waals surface area contributed by atoms with Gasteiger partial charge in [-0.3, -0.25) is 9.63 Å². The molecule has 40 heavy (non-hydrogen) atoms. The van der Waals surface area contributed by atoms with Crippen LogP contribution in [0.4, 0.5) is 28.7 Å². The molecule has 3 aromatic rings. The van der Waals surface area contributed by atoms with Gasteiger partial charge in [0, 0.05) is 44.7 Å². The second-order valence-electron chi connectivity index (χ2n) is 9.58. The van der Waals surface area contributed by atoms with Crippen molar-refractivity contribution in [1.82, 2.24) is 14.9 Å². The van der Waals surface area contributed by atoms with Gasteiger partial charge in [-0.05, 0) is 36.9 Å². The largest absolute Gasteiger partial charge is 0.494 e. The van der Waals surface area contributed by atoms with Crippen molar-refractivity contribution in [2.45, 2.75) is 12.5 Å². The summed E-state index contributed by atoms with van der Waals surface area (Å²) in [6.07, 6.45) is 3.48. The number of likely N-dealkylation sites (N-methyl/N-ethyl adjacent to an activating group) is 1. The highest BCUT2D eigenvalue weighted by molar-refractivity contribution is 6.42. The normalized spacial score (nSPS) is 17.6. The number of piperazine rings is 1. The van der Waals surface area contributed by atoms with Gasteiger partial charge in [0.2, 0.25) is 5.91 Å². The summed E-state index contributed by atoms with van der Waals surface area (Å²) in [6.45, 7) is 7.62. The second kappa shape index (κ2) is 12.3. The monoisotopic (exact) mass is 583 g/mol. The number of carbonyl (C=O) groups is 1. The first-order chi connectivity index (χ1) is 19.4. The van der Waals surface area contributed by atoms with Crippen LogP contribution in [0.1, 0.15) is 18.0 Å². The van der Waals surface area contributed by atoms with Crippen molar-refractivity contribution in [3.8, 4) is 5.75 Å². The number of anilines is 5. The average Bonchev–Trinajstić information content (AvgIpc) is 3.45. The predicted molar refractivity (Wildman–Crippen MR) is 159 cm³/mol. The van der Waals surface area contributed by atoms with Crippen LogP contribution >= 0.6 is 23.2 Å². The summed E-state index contributed by atoms with van der Waals surface area (Å²) in [5.41, 5.74) is 3.13. The molecule has 1 aromatic heterocycles. The van der Waals surface area contributed by atoms with E-state index < -0.39 is 0 Å². The van der Waals surface area contributed by atoms with Crippen LogP contribution in [0.2, 0.25) is 10.0 Å². The minimum Gasteiger partial charge on any atom is -0.494 e. The van der Waals surface area contributed by atoms with E-state index in [1.807, 2.05) is 24.3 Å². The van der Waals surface area contributed by atoms with Crippen molar-refractivity contribution < 1.29 is 14.4 Å². The Kier molecular flexibility index (Phi) is 8.60. The van der Waals surface area contributed by atoms with Crippen LogP contribution in [0, 0.1) is 0 Å². The van der Waals surface area contributed by atoms with Gasteiger partial charge in [0.05, 0.1) is 46.9 Å². The number of hydroxylamine groups is 1. The van der Waals surface area contributed by atoms with E-state index in [4.69, 9.17) is 32.8 Å². The molecular weight excluding hydrogens is 553 g/mol. The summed E-state index contributed by atoms with van der Waals surface area (Å²) in [5, 5.41) is 9.02. The zero-order valence-corrected chi connectivity index (χ0v) is 23.9. The Morgan fingerprint density at radius 2 is 1.90 bits per heavy atom. The van der Waals surface area contributed by atoms with E-state index in [0.29, 0.717) is 45.4 Å². The quantitative estimate of drug-likeness (QED) is 0.343. The number of rotatable bonds is 8. The van der Waals surface area contributed by atoms with E-state index in [9.17, 15) is 4.79 Å². The molecule has 0 radical (unpaired) electrons. The number of nitrogens with one attached hydrogen (secondary N) is 2. The molecule has 0 saturated carbocycles. The number of methoxy groups -OCH3 is 1. The number of nitrogens with zero attached hydrogens (tertiary/aromatic N) is 5. The third-order valence-corrected chi connectivity index (χ3v) is 7.72. The fourth-order valence-electron chi connectivity index (χ4n) is 4.82. The topological polar surface area (TPSA) is 95.1 Å². The first-order valence-electron chi connectivity index (χ1n) is 12.9. The number of aromatic nitrogens is 2. The zero-order valence-electron chi connectivity index (χ0n) is 22.4. The van der Waals surface area contributed by atoms with Crippen molar-refractivity contribution in [1.29, 1.82) is 0 Å². The molecule has 12 heteroatoms. The molecule has 0 aliphatic carbocycles. The molecule has 0 unspecified atom stereocenters. The van der Waals surface area contributed by atoms with Gasteiger partial charge < -0.3 is 25.2 Å². The van der Waals surface area contributed by atoms with Crippen LogP contribution in [0.15, 0.2) is 55.4 Å². The lowest BCUT2D eigenvalue weighted by molar-refractivity contribution is -0.111. The van der Waals surface area contributed by atoms with Crippen LogP contribution in [-0.2, 0) is 9.63 Å². The molecule has 5 rings (SSSR count). The third-order valence-electron chi connectivity index (χ3n) is 6.98. The second-order valence-corrected chi connectivity index (χ2v) is 10.4. The van der Waals surface area contributed by atoms with Gasteiger partial charge in [-0.1, -0.05) is 35.8 Å². The van der Waals surface area contributed by atoms with Crippen molar-refractivity contribution in [3.05, 3.63) is 71.0 Å². The van der Waals surface area contributed by atoms with E-state index in [0.717, 1.165) is 43.9 Å². The fraction of sp³-hybridized carbons (Fsp3) is 0.321. The fourth-order valence-corrected chi connectivity index (χ4v) is 5.13. The van der Waals surface area contributed by atoms with Gasteiger partial charge in [0.25, 0.3) is 0 Å². The van der Waals surface area contributed by atoms with E-state index in [1.165, 1.54) is 12.4 Å².